The van der Waals surface area contributed by atoms with Crippen LogP contribution in [0.15, 0.2) is 60.7 Å². The molecule has 0 spiro atoms. The monoisotopic (exact) mass is 314 g/mol. The maximum Gasteiger partial charge on any atom is 0.328 e. The molecule has 0 amide bonds. The molecule has 2 rings (SSSR count). The van der Waals surface area contributed by atoms with Crippen LogP contribution in [-0.2, 0) is 16.1 Å². The van der Waals surface area contributed by atoms with Gasteiger partial charge >= 0.3 is 5.97 Å². The number of ether oxygens (including phenoxy) is 1. The van der Waals surface area contributed by atoms with Gasteiger partial charge in [0, 0.05) is 5.69 Å². The number of hydrogen-bond acceptors (Lipinski definition) is 3. The standard InChI is InChI=1S/C17H18N2O2S/c1-13(16(20)21-12-14-8-4-2-5-9-14)18-17(22)19-15-10-6-3-7-11-15/h2-11,13H,12H2,1H3,(H2,18,19,22). The van der Waals surface area contributed by atoms with Crippen LogP contribution < -0.4 is 10.6 Å². The van der Waals surface area contributed by atoms with Gasteiger partial charge in [0.25, 0.3) is 0 Å². The lowest BCUT2D eigenvalue weighted by Crippen LogP contribution is -2.41. The van der Waals surface area contributed by atoms with Gasteiger partial charge in [-0.05, 0) is 36.8 Å². The molecule has 0 saturated heterocycles. The molecule has 22 heavy (non-hydrogen) atoms. The molecule has 4 nitrogen and oxygen atoms in total. The largest absolute Gasteiger partial charge is 0.459 e. The van der Waals surface area contributed by atoms with Gasteiger partial charge in [0.2, 0.25) is 0 Å². The van der Waals surface area contributed by atoms with Crippen LogP contribution in [0.3, 0.4) is 0 Å². The zero-order valence-corrected chi connectivity index (χ0v) is 13.1. The van der Waals surface area contributed by atoms with Crippen LogP contribution >= 0.6 is 12.2 Å². The van der Waals surface area contributed by atoms with Gasteiger partial charge in [0.15, 0.2) is 5.11 Å². The molecule has 0 aromatic heterocycles. The number of esters is 1. The predicted molar refractivity (Wildman–Crippen MR) is 91.5 cm³/mol. The van der Waals surface area contributed by atoms with Crippen molar-refractivity contribution in [2.24, 2.45) is 0 Å². The maximum absolute atomic E-state index is 11.9. The predicted octanol–water partition coefficient (Wildman–Crippen LogP) is 3.10. The van der Waals surface area contributed by atoms with E-state index in [1.807, 2.05) is 60.7 Å². The number of rotatable bonds is 5. The summed E-state index contributed by atoms with van der Waals surface area (Å²) in [5.74, 6) is -0.346. The van der Waals surface area contributed by atoms with Crippen molar-refractivity contribution in [2.45, 2.75) is 19.6 Å². The number of carbonyl (C=O) groups is 1. The Morgan fingerprint density at radius 2 is 1.68 bits per heavy atom. The van der Waals surface area contributed by atoms with Crippen LogP contribution in [0, 0.1) is 0 Å². The molecule has 0 aliphatic heterocycles. The summed E-state index contributed by atoms with van der Waals surface area (Å²) in [6.07, 6.45) is 0. The van der Waals surface area contributed by atoms with Crippen LogP contribution in [0.1, 0.15) is 12.5 Å². The minimum Gasteiger partial charge on any atom is -0.459 e. The molecule has 0 fully saturated rings. The number of hydrogen-bond donors (Lipinski definition) is 2. The molecule has 0 bridgehead atoms. The molecule has 5 heteroatoms. The second-order valence-electron chi connectivity index (χ2n) is 4.78. The van der Waals surface area contributed by atoms with Gasteiger partial charge in [-0.2, -0.15) is 0 Å². The van der Waals surface area contributed by atoms with Gasteiger partial charge in [-0.15, -0.1) is 0 Å². The summed E-state index contributed by atoms with van der Waals surface area (Å²) in [4.78, 5) is 11.9. The minimum absolute atomic E-state index is 0.255. The Kier molecular flexibility index (Phi) is 5.91. The molecule has 1 atom stereocenters. The maximum atomic E-state index is 11.9. The molecule has 114 valence electrons. The summed E-state index contributed by atoms with van der Waals surface area (Å²) in [7, 11) is 0. The van der Waals surface area contributed by atoms with Crippen LogP contribution in [0.2, 0.25) is 0 Å². The zero-order chi connectivity index (χ0) is 15.8. The molecule has 0 heterocycles. The van der Waals surface area contributed by atoms with E-state index in [-0.39, 0.29) is 12.6 Å². The van der Waals surface area contributed by atoms with Crippen molar-refractivity contribution in [1.82, 2.24) is 5.32 Å². The number of para-hydroxylation sites is 1. The fourth-order valence-electron chi connectivity index (χ4n) is 1.80. The van der Waals surface area contributed by atoms with E-state index >= 15 is 0 Å². The second-order valence-corrected chi connectivity index (χ2v) is 5.19. The molecule has 2 aromatic rings. The summed E-state index contributed by atoms with van der Waals surface area (Å²) < 4.78 is 5.25. The first kappa shape index (κ1) is 16.0. The fourth-order valence-corrected chi connectivity index (χ4v) is 2.09. The van der Waals surface area contributed by atoms with E-state index in [1.54, 1.807) is 6.92 Å². The van der Waals surface area contributed by atoms with Gasteiger partial charge in [-0.3, -0.25) is 0 Å². The van der Waals surface area contributed by atoms with Crippen molar-refractivity contribution < 1.29 is 9.53 Å². The third-order valence-electron chi connectivity index (χ3n) is 2.96. The Bertz CT molecular complexity index is 617. The van der Waals surface area contributed by atoms with Crippen molar-refractivity contribution in [3.63, 3.8) is 0 Å². The first-order chi connectivity index (χ1) is 10.6. The van der Waals surface area contributed by atoms with Crippen molar-refractivity contribution in [3.05, 3.63) is 66.2 Å². The molecule has 2 aromatic carbocycles. The minimum atomic E-state index is -0.521. The van der Waals surface area contributed by atoms with Gasteiger partial charge in [0.1, 0.15) is 12.6 Å². The van der Waals surface area contributed by atoms with Gasteiger partial charge in [-0.25, -0.2) is 4.79 Å². The number of carbonyl (C=O) groups excluding carboxylic acids is 1. The zero-order valence-electron chi connectivity index (χ0n) is 12.3. The highest BCUT2D eigenvalue weighted by molar-refractivity contribution is 7.80. The van der Waals surface area contributed by atoms with Crippen molar-refractivity contribution in [3.8, 4) is 0 Å². The summed E-state index contributed by atoms with van der Waals surface area (Å²) in [6, 6.07) is 18.6. The molecular weight excluding hydrogens is 296 g/mol. The molecule has 0 saturated carbocycles. The third-order valence-corrected chi connectivity index (χ3v) is 3.18. The molecule has 0 aliphatic rings. The Morgan fingerprint density at radius 1 is 1.09 bits per heavy atom. The molecule has 0 aliphatic carbocycles. The first-order valence-corrected chi connectivity index (χ1v) is 7.39. The highest BCUT2D eigenvalue weighted by atomic mass is 32.1. The summed E-state index contributed by atoms with van der Waals surface area (Å²) in [5.41, 5.74) is 1.82. The van der Waals surface area contributed by atoms with Gasteiger partial charge < -0.3 is 15.4 Å². The number of thiocarbonyl (C=S) groups is 1. The normalized spacial score (nSPS) is 11.3. The topological polar surface area (TPSA) is 50.4 Å². The fraction of sp³-hybridized carbons (Fsp3) is 0.176. The molecule has 0 radical (unpaired) electrons. The summed E-state index contributed by atoms with van der Waals surface area (Å²) >= 11 is 5.18. The highest BCUT2D eigenvalue weighted by Crippen LogP contribution is 2.05. The smallest absolute Gasteiger partial charge is 0.328 e. The lowest BCUT2D eigenvalue weighted by atomic mass is 10.2. The van der Waals surface area contributed by atoms with Crippen molar-refractivity contribution >= 4 is 29.0 Å². The van der Waals surface area contributed by atoms with Gasteiger partial charge in [-0.1, -0.05) is 48.5 Å². The summed E-state index contributed by atoms with van der Waals surface area (Å²) in [5, 5.41) is 6.31. The molecule has 2 N–H and O–H groups in total. The van der Waals surface area contributed by atoms with Crippen LogP contribution in [-0.4, -0.2) is 17.1 Å². The van der Waals surface area contributed by atoms with Crippen molar-refractivity contribution in [1.29, 1.82) is 0 Å². The first-order valence-electron chi connectivity index (χ1n) is 6.98. The van der Waals surface area contributed by atoms with Crippen LogP contribution in [0.25, 0.3) is 0 Å². The molecule has 1 unspecified atom stereocenters. The number of nitrogens with one attached hydrogen (secondary N) is 2. The lowest BCUT2D eigenvalue weighted by Gasteiger charge is -2.16. The van der Waals surface area contributed by atoms with E-state index in [2.05, 4.69) is 10.6 Å². The number of anilines is 1. The Morgan fingerprint density at radius 3 is 2.32 bits per heavy atom. The Labute approximate surface area is 135 Å². The summed E-state index contributed by atoms with van der Waals surface area (Å²) in [6.45, 7) is 1.97. The average Bonchev–Trinajstić information content (AvgIpc) is 2.54. The average molecular weight is 314 g/mol. The van der Waals surface area contributed by atoms with E-state index < -0.39 is 6.04 Å². The number of benzene rings is 2. The third kappa shape index (κ3) is 5.18. The second kappa shape index (κ2) is 8.14. The van der Waals surface area contributed by atoms with E-state index in [0.29, 0.717) is 5.11 Å². The highest BCUT2D eigenvalue weighted by Gasteiger charge is 2.15. The lowest BCUT2D eigenvalue weighted by molar-refractivity contribution is -0.146. The van der Waals surface area contributed by atoms with E-state index in [1.165, 1.54) is 0 Å². The Hall–Kier alpha value is -2.40. The van der Waals surface area contributed by atoms with Gasteiger partial charge in [0.05, 0.1) is 0 Å². The molecular formula is C17H18N2O2S. The SMILES string of the molecule is CC(NC(=S)Nc1ccccc1)C(=O)OCc1ccccc1. The van der Waals surface area contributed by atoms with Crippen LogP contribution in [0.5, 0.6) is 0 Å². The van der Waals surface area contributed by atoms with E-state index in [0.717, 1.165) is 11.3 Å². The van der Waals surface area contributed by atoms with Crippen molar-refractivity contribution in [2.75, 3.05) is 5.32 Å². The van der Waals surface area contributed by atoms with Crippen LogP contribution in [0.4, 0.5) is 5.69 Å². The van der Waals surface area contributed by atoms with E-state index in [9.17, 15) is 4.79 Å². The Balaban J connectivity index is 1.77. The van der Waals surface area contributed by atoms with E-state index in [4.69, 9.17) is 17.0 Å². The quantitative estimate of drug-likeness (QED) is 0.656.